The van der Waals surface area contributed by atoms with E-state index < -0.39 is 11.4 Å². The van der Waals surface area contributed by atoms with E-state index >= 15 is 0 Å². The van der Waals surface area contributed by atoms with E-state index in [-0.39, 0.29) is 5.91 Å². The third-order valence-corrected chi connectivity index (χ3v) is 3.53. The second-order valence-corrected chi connectivity index (χ2v) is 6.54. The summed E-state index contributed by atoms with van der Waals surface area (Å²) in [7, 11) is 1.33. The van der Waals surface area contributed by atoms with E-state index in [1.807, 2.05) is 27.7 Å². The Morgan fingerprint density at radius 2 is 2.05 bits per heavy atom. The van der Waals surface area contributed by atoms with Crippen LogP contribution < -0.4 is 0 Å². The quantitative estimate of drug-likeness (QED) is 0.784. The van der Waals surface area contributed by atoms with Crippen LogP contribution in [-0.4, -0.2) is 35.4 Å². The number of hydrogen-bond acceptors (Lipinski definition) is 5. The van der Waals surface area contributed by atoms with Gasteiger partial charge in [0, 0.05) is 17.3 Å². The van der Waals surface area contributed by atoms with Crippen LogP contribution in [-0.2, 0) is 16.1 Å². The van der Waals surface area contributed by atoms with Crippen LogP contribution in [0.15, 0.2) is 5.38 Å². The minimum absolute atomic E-state index is 0.0918. The van der Waals surface area contributed by atoms with E-state index in [1.54, 1.807) is 10.3 Å². The molecule has 0 fully saturated rings. The number of carbonyl (C=O) groups excluding carboxylic acids is 2. The molecule has 1 amide bonds. The lowest BCUT2D eigenvalue weighted by Gasteiger charge is -2.28. The van der Waals surface area contributed by atoms with Gasteiger partial charge in [-0.25, -0.2) is 9.78 Å². The van der Waals surface area contributed by atoms with Crippen molar-refractivity contribution in [1.29, 1.82) is 0 Å². The molecule has 0 unspecified atom stereocenters. The molecule has 0 atom stereocenters. The number of nitrogens with zero attached hydrogens (tertiary/aromatic N) is 2. The first kappa shape index (κ1) is 16.6. The molecule has 112 valence electrons. The van der Waals surface area contributed by atoms with Crippen molar-refractivity contribution >= 4 is 23.2 Å². The second-order valence-electron chi connectivity index (χ2n) is 5.59. The fourth-order valence-electron chi connectivity index (χ4n) is 1.74. The lowest BCUT2D eigenvalue weighted by atomic mass is 9.94. The van der Waals surface area contributed by atoms with E-state index in [0.29, 0.717) is 18.8 Å². The lowest BCUT2D eigenvalue weighted by molar-refractivity contribution is -0.140. The summed E-state index contributed by atoms with van der Waals surface area (Å²) in [6.45, 7) is 8.86. The van der Waals surface area contributed by atoms with Crippen LogP contribution in [0.25, 0.3) is 0 Å². The Bertz CT molecular complexity index is 477. The Morgan fingerprint density at radius 1 is 1.40 bits per heavy atom. The molecule has 0 bridgehead atoms. The average Bonchev–Trinajstić information content (AvgIpc) is 2.84. The largest absolute Gasteiger partial charge is 0.464 e. The van der Waals surface area contributed by atoms with E-state index in [4.69, 9.17) is 0 Å². The minimum Gasteiger partial charge on any atom is -0.464 e. The van der Waals surface area contributed by atoms with Gasteiger partial charge in [-0.05, 0) is 6.42 Å². The molecule has 5 nitrogen and oxygen atoms in total. The fourth-order valence-corrected chi connectivity index (χ4v) is 2.52. The number of thiazole rings is 1. The second kappa shape index (κ2) is 6.83. The van der Waals surface area contributed by atoms with E-state index in [1.165, 1.54) is 18.4 Å². The summed E-state index contributed by atoms with van der Waals surface area (Å²) in [5, 5.41) is 2.41. The molecule has 20 heavy (non-hydrogen) atoms. The molecule has 0 spiro atoms. The maximum absolute atomic E-state index is 12.4. The molecule has 1 rings (SSSR count). The minimum atomic E-state index is -0.448. The van der Waals surface area contributed by atoms with Gasteiger partial charge in [0.2, 0.25) is 5.91 Å². The van der Waals surface area contributed by atoms with Crippen molar-refractivity contribution in [3.8, 4) is 0 Å². The Labute approximate surface area is 124 Å². The van der Waals surface area contributed by atoms with Crippen molar-refractivity contribution in [2.45, 2.75) is 40.7 Å². The van der Waals surface area contributed by atoms with Crippen LogP contribution >= 0.6 is 11.3 Å². The van der Waals surface area contributed by atoms with Gasteiger partial charge in [-0.2, -0.15) is 0 Å². The van der Waals surface area contributed by atoms with E-state index in [0.717, 1.165) is 11.4 Å². The topological polar surface area (TPSA) is 59.5 Å². The SMILES string of the molecule is CCCN(Cc1nc(C(=O)OC)cs1)C(=O)C(C)(C)C. The molecule has 0 aromatic carbocycles. The van der Waals surface area contributed by atoms with Crippen molar-refractivity contribution in [2.24, 2.45) is 5.41 Å². The van der Waals surface area contributed by atoms with Gasteiger partial charge in [0.1, 0.15) is 5.01 Å². The number of rotatable bonds is 5. The van der Waals surface area contributed by atoms with Crippen LogP contribution in [0.3, 0.4) is 0 Å². The van der Waals surface area contributed by atoms with Crippen LogP contribution in [0.1, 0.15) is 49.6 Å². The maximum Gasteiger partial charge on any atom is 0.357 e. The first-order chi connectivity index (χ1) is 9.29. The Kier molecular flexibility index (Phi) is 5.68. The standard InChI is InChI=1S/C14H22N2O3S/c1-6-7-16(13(18)14(2,3)4)8-11-15-10(9-20-11)12(17)19-5/h9H,6-8H2,1-5H3. The lowest BCUT2D eigenvalue weighted by Crippen LogP contribution is -2.39. The van der Waals surface area contributed by atoms with Crippen molar-refractivity contribution in [3.05, 3.63) is 16.1 Å². The molecule has 1 aromatic rings. The van der Waals surface area contributed by atoms with Crippen LogP contribution in [0.2, 0.25) is 0 Å². The highest BCUT2D eigenvalue weighted by Gasteiger charge is 2.27. The summed E-state index contributed by atoms with van der Waals surface area (Å²) in [5.74, 6) is -0.356. The van der Waals surface area contributed by atoms with Crippen LogP contribution in [0.5, 0.6) is 0 Å². The molecule has 0 aliphatic heterocycles. The summed E-state index contributed by atoms with van der Waals surface area (Å²) >= 11 is 1.37. The number of methoxy groups -OCH3 is 1. The number of carbonyl (C=O) groups is 2. The van der Waals surface area contributed by atoms with Crippen LogP contribution in [0, 0.1) is 5.41 Å². The third-order valence-electron chi connectivity index (χ3n) is 2.69. The van der Waals surface area contributed by atoms with Gasteiger partial charge >= 0.3 is 5.97 Å². The first-order valence-corrected chi connectivity index (χ1v) is 7.49. The Balaban J connectivity index is 2.83. The predicted octanol–water partition coefficient (Wildman–Crippen LogP) is 2.71. The molecular formula is C14H22N2O3S. The molecule has 0 aliphatic carbocycles. The van der Waals surface area contributed by atoms with Crippen molar-refractivity contribution in [2.75, 3.05) is 13.7 Å². The van der Waals surface area contributed by atoms with Gasteiger partial charge in [-0.3, -0.25) is 4.79 Å². The smallest absolute Gasteiger partial charge is 0.357 e. The van der Waals surface area contributed by atoms with Gasteiger partial charge in [-0.1, -0.05) is 27.7 Å². The van der Waals surface area contributed by atoms with Crippen molar-refractivity contribution in [1.82, 2.24) is 9.88 Å². The van der Waals surface area contributed by atoms with Crippen LogP contribution in [0.4, 0.5) is 0 Å². The molecule has 6 heteroatoms. The molecule has 0 saturated heterocycles. The number of amides is 1. The summed E-state index contributed by atoms with van der Waals surface area (Å²) in [4.78, 5) is 29.7. The Morgan fingerprint density at radius 3 is 2.55 bits per heavy atom. The zero-order valence-electron chi connectivity index (χ0n) is 12.7. The summed E-state index contributed by atoms with van der Waals surface area (Å²) in [6.07, 6.45) is 0.886. The molecular weight excluding hydrogens is 276 g/mol. The highest BCUT2D eigenvalue weighted by Crippen LogP contribution is 2.21. The molecule has 0 saturated carbocycles. The summed E-state index contributed by atoms with van der Waals surface area (Å²) in [6, 6.07) is 0. The number of aromatic nitrogens is 1. The van der Waals surface area contributed by atoms with Gasteiger partial charge in [-0.15, -0.1) is 11.3 Å². The van der Waals surface area contributed by atoms with Gasteiger partial charge < -0.3 is 9.64 Å². The number of esters is 1. The third kappa shape index (κ3) is 4.30. The predicted molar refractivity (Wildman–Crippen MR) is 78.6 cm³/mol. The monoisotopic (exact) mass is 298 g/mol. The molecule has 1 heterocycles. The Hall–Kier alpha value is -1.43. The zero-order valence-corrected chi connectivity index (χ0v) is 13.5. The molecule has 0 N–H and O–H groups in total. The average molecular weight is 298 g/mol. The highest BCUT2D eigenvalue weighted by atomic mass is 32.1. The maximum atomic E-state index is 12.4. The molecule has 0 aliphatic rings. The van der Waals surface area contributed by atoms with Crippen molar-refractivity contribution in [3.63, 3.8) is 0 Å². The van der Waals surface area contributed by atoms with Gasteiger partial charge in [0.05, 0.1) is 13.7 Å². The zero-order chi connectivity index (χ0) is 15.3. The highest BCUT2D eigenvalue weighted by molar-refractivity contribution is 7.09. The van der Waals surface area contributed by atoms with Gasteiger partial charge in [0.25, 0.3) is 0 Å². The van der Waals surface area contributed by atoms with E-state index in [9.17, 15) is 9.59 Å². The van der Waals surface area contributed by atoms with Gasteiger partial charge in [0.15, 0.2) is 5.69 Å². The van der Waals surface area contributed by atoms with Crippen molar-refractivity contribution < 1.29 is 14.3 Å². The summed E-state index contributed by atoms with van der Waals surface area (Å²) in [5.41, 5.74) is -0.121. The molecule has 1 aromatic heterocycles. The van der Waals surface area contributed by atoms with E-state index in [2.05, 4.69) is 9.72 Å². The normalized spacial score (nSPS) is 11.2. The molecule has 0 radical (unpaired) electrons. The number of ether oxygens (including phenoxy) is 1. The fraction of sp³-hybridized carbons (Fsp3) is 0.643. The number of hydrogen-bond donors (Lipinski definition) is 0. The first-order valence-electron chi connectivity index (χ1n) is 6.61. The summed E-state index contributed by atoms with van der Waals surface area (Å²) < 4.78 is 4.63.